The van der Waals surface area contributed by atoms with Crippen LogP contribution in [0.4, 0.5) is 0 Å². The van der Waals surface area contributed by atoms with Crippen molar-refractivity contribution in [2.45, 2.75) is 56.0 Å². The van der Waals surface area contributed by atoms with Crippen molar-refractivity contribution in [3.05, 3.63) is 22.4 Å². The molecule has 108 valence electrons. The van der Waals surface area contributed by atoms with Gasteiger partial charge < -0.3 is 9.64 Å². The van der Waals surface area contributed by atoms with Crippen LogP contribution in [-0.2, 0) is 9.53 Å². The van der Waals surface area contributed by atoms with E-state index in [4.69, 9.17) is 4.74 Å². The van der Waals surface area contributed by atoms with Gasteiger partial charge in [0.25, 0.3) is 0 Å². The number of carbonyl (C=O) groups excluding carboxylic acids is 1. The molecular formula is C15H20N2O2S. The fraction of sp³-hybridized carbons (Fsp3) is 0.667. The van der Waals surface area contributed by atoms with Crippen molar-refractivity contribution in [1.29, 1.82) is 0 Å². The van der Waals surface area contributed by atoms with Crippen molar-refractivity contribution >= 4 is 17.2 Å². The molecule has 0 bridgehead atoms. The molecule has 1 saturated heterocycles. The Morgan fingerprint density at radius 1 is 1.45 bits per heavy atom. The molecule has 4 rings (SSSR count). The number of thiophene rings is 1. The predicted octanol–water partition coefficient (Wildman–Crippen LogP) is 2.28. The first-order chi connectivity index (χ1) is 9.75. The van der Waals surface area contributed by atoms with Crippen LogP contribution in [0.2, 0.25) is 0 Å². The number of amides is 1. The SMILES string of the molecule is COC1CCCC1N1C(=O)C2(CC2)NC1c1ccsc1. The van der Waals surface area contributed by atoms with Crippen LogP contribution >= 0.6 is 11.3 Å². The lowest BCUT2D eigenvalue weighted by molar-refractivity contribution is -0.135. The molecule has 0 aromatic carbocycles. The van der Waals surface area contributed by atoms with Crippen LogP contribution in [0.3, 0.4) is 0 Å². The van der Waals surface area contributed by atoms with Gasteiger partial charge in [-0.25, -0.2) is 0 Å². The minimum atomic E-state index is -0.256. The smallest absolute Gasteiger partial charge is 0.244 e. The number of rotatable bonds is 3. The van der Waals surface area contributed by atoms with E-state index < -0.39 is 0 Å². The maximum Gasteiger partial charge on any atom is 0.244 e. The summed E-state index contributed by atoms with van der Waals surface area (Å²) >= 11 is 1.69. The third-order valence-electron chi connectivity index (χ3n) is 5.02. The molecular weight excluding hydrogens is 272 g/mol. The maximum absolute atomic E-state index is 12.9. The number of nitrogens with zero attached hydrogens (tertiary/aromatic N) is 1. The van der Waals surface area contributed by atoms with Crippen molar-refractivity contribution < 1.29 is 9.53 Å². The van der Waals surface area contributed by atoms with E-state index in [0.717, 1.165) is 32.1 Å². The highest BCUT2D eigenvalue weighted by atomic mass is 32.1. The molecule has 2 aliphatic carbocycles. The molecule has 1 aromatic rings. The molecule has 1 aromatic heterocycles. The summed E-state index contributed by atoms with van der Waals surface area (Å²) in [6.45, 7) is 0. The molecule has 3 fully saturated rings. The largest absolute Gasteiger partial charge is 0.379 e. The fourth-order valence-electron chi connectivity index (χ4n) is 3.76. The molecule has 20 heavy (non-hydrogen) atoms. The van der Waals surface area contributed by atoms with Gasteiger partial charge in [-0.15, -0.1) is 0 Å². The molecule has 2 heterocycles. The first-order valence-electron chi connectivity index (χ1n) is 7.40. The van der Waals surface area contributed by atoms with Crippen LogP contribution in [0.25, 0.3) is 0 Å². The molecule has 1 aliphatic heterocycles. The van der Waals surface area contributed by atoms with Crippen molar-refractivity contribution in [1.82, 2.24) is 10.2 Å². The highest BCUT2D eigenvalue weighted by molar-refractivity contribution is 7.08. The zero-order valence-electron chi connectivity index (χ0n) is 11.7. The summed E-state index contributed by atoms with van der Waals surface area (Å²) in [5.74, 6) is 0.294. The average molecular weight is 292 g/mol. The predicted molar refractivity (Wildman–Crippen MR) is 77.4 cm³/mol. The molecule has 0 radical (unpaired) electrons. The standard InChI is InChI=1S/C15H20N2O2S/c1-19-12-4-2-3-11(12)17-13(10-5-8-20-9-10)16-15(6-7-15)14(17)18/h5,8-9,11-13,16H,2-4,6-7H2,1H3. The molecule has 4 nitrogen and oxygen atoms in total. The Hall–Kier alpha value is -0.910. The van der Waals surface area contributed by atoms with E-state index in [1.165, 1.54) is 5.56 Å². The third-order valence-corrected chi connectivity index (χ3v) is 5.72. The van der Waals surface area contributed by atoms with Gasteiger partial charge in [0.15, 0.2) is 0 Å². The molecule has 1 spiro atoms. The zero-order chi connectivity index (χ0) is 13.7. The van der Waals surface area contributed by atoms with E-state index in [1.807, 2.05) is 0 Å². The van der Waals surface area contributed by atoms with Gasteiger partial charge in [0, 0.05) is 7.11 Å². The van der Waals surface area contributed by atoms with Gasteiger partial charge in [0.05, 0.1) is 12.1 Å². The molecule has 1 amide bonds. The van der Waals surface area contributed by atoms with E-state index in [-0.39, 0.29) is 23.9 Å². The summed E-state index contributed by atoms with van der Waals surface area (Å²) in [6.07, 6.45) is 5.46. The Balaban J connectivity index is 1.68. The second kappa shape index (κ2) is 4.55. The first-order valence-corrected chi connectivity index (χ1v) is 8.35. The normalized spacial score (nSPS) is 35.1. The maximum atomic E-state index is 12.9. The molecule has 1 N–H and O–H groups in total. The monoisotopic (exact) mass is 292 g/mol. The minimum Gasteiger partial charge on any atom is -0.379 e. The Bertz CT molecular complexity index is 512. The Morgan fingerprint density at radius 2 is 2.30 bits per heavy atom. The second-order valence-corrected chi connectivity index (χ2v) is 6.95. The number of ether oxygens (including phenoxy) is 1. The highest BCUT2D eigenvalue weighted by Crippen LogP contribution is 2.48. The summed E-state index contributed by atoms with van der Waals surface area (Å²) in [5.41, 5.74) is 0.960. The van der Waals surface area contributed by atoms with Crippen LogP contribution in [0.5, 0.6) is 0 Å². The lowest BCUT2D eigenvalue weighted by Crippen LogP contribution is -2.45. The Morgan fingerprint density at radius 3 is 2.95 bits per heavy atom. The fourth-order valence-corrected chi connectivity index (χ4v) is 4.44. The van der Waals surface area contributed by atoms with Crippen LogP contribution in [0, 0.1) is 0 Å². The minimum absolute atomic E-state index is 0.0389. The summed E-state index contributed by atoms with van der Waals surface area (Å²) in [4.78, 5) is 14.9. The van der Waals surface area contributed by atoms with Crippen molar-refractivity contribution in [3.8, 4) is 0 Å². The van der Waals surface area contributed by atoms with Gasteiger partial charge in [-0.2, -0.15) is 11.3 Å². The van der Waals surface area contributed by atoms with Crippen LogP contribution in [0.15, 0.2) is 16.8 Å². The van der Waals surface area contributed by atoms with E-state index in [2.05, 4.69) is 27.0 Å². The van der Waals surface area contributed by atoms with Gasteiger partial charge >= 0.3 is 0 Å². The number of nitrogens with one attached hydrogen (secondary N) is 1. The van der Waals surface area contributed by atoms with Crippen molar-refractivity contribution in [3.63, 3.8) is 0 Å². The van der Waals surface area contributed by atoms with E-state index in [1.54, 1.807) is 18.4 Å². The lowest BCUT2D eigenvalue weighted by atomic mass is 10.1. The highest BCUT2D eigenvalue weighted by Gasteiger charge is 2.61. The third kappa shape index (κ3) is 1.76. The molecule has 3 aliphatic rings. The molecule has 5 heteroatoms. The summed E-state index contributed by atoms with van der Waals surface area (Å²) in [7, 11) is 1.77. The van der Waals surface area contributed by atoms with Crippen molar-refractivity contribution in [2.75, 3.05) is 7.11 Å². The van der Waals surface area contributed by atoms with E-state index in [0.29, 0.717) is 5.91 Å². The van der Waals surface area contributed by atoms with Gasteiger partial charge in [0.2, 0.25) is 5.91 Å². The number of methoxy groups -OCH3 is 1. The number of carbonyl (C=O) groups is 1. The topological polar surface area (TPSA) is 41.6 Å². The summed E-state index contributed by atoms with van der Waals surface area (Å²) in [6, 6.07) is 2.35. The van der Waals surface area contributed by atoms with Gasteiger partial charge in [-0.1, -0.05) is 0 Å². The van der Waals surface area contributed by atoms with E-state index in [9.17, 15) is 4.79 Å². The average Bonchev–Trinajstić information content (AvgIpc) is 2.87. The van der Waals surface area contributed by atoms with E-state index >= 15 is 0 Å². The number of hydrogen-bond acceptors (Lipinski definition) is 4. The quantitative estimate of drug-likeness (QED) is 0.929. The van der Waals surface area contributed by atoms with Gasteiger partial charge in [-0.05, 0) is 54.5 Å². The van der Waals surface area contributed by atoms with Crippen LogP contribution < -0.4 is 5.32 Å². The Labute approximate surface area is 123 Å². The summed E-state index contributed by atoms with van der Waals surface area (Å²) in [5, 5.41) is 7.82. The lowest BCUT2D eigenvalue weighted by Gasteiger charge is -2.33. The molecule has 3 unspecified atom stereocenters. The summed E-state index contributed by atoms with van der Waals surface area (Å²) < 4.78 is 5.62. The van der Waals surface area contributed by atoms with Crippen molar-refractivity contribution in [2.24, 2.45) is 0 Å². The van der Waals surface area contributed by atoms with Gasteiger partial charge in [0.1, 0.15) is 11.7 Å². The number of hydrogen-bond donors (Lipinski definition) is 1. The molecule has 3 atom stereocenters. The zero-order valence-corrected chi connectivity index (χ0v) is 12.5. The van der Waals surface area contributed by atoms with Crippen LogP contribution in [-0.4, -0.2) is 35.6 Å². The second-order valence-electron chi connectivity index (χ2n) is 6.17. The molecule has 2 saturated carbocycles. The van der Waals surface area contributed by atoms with Gasteiger partial charge in [-0.3, -0.25) is 10.1 Å². The first kappa shape index (κ1) is 12.8. The van der Waals surface area contributed by atoms with Crippen LogP contribution in [0.1, 0.15) is 43.8 Å². The Kier molecular flexibility index (Phi) is 2.91.